The Labute approximate surface area is 113 Å². The highest BCUT2D eigenvalue weighted by Gasteiger charge is 2.35. The van der Waals surface area contributed by atoms with Crippen molar-refractivity contribution in [1.82, 2.24) is 0 Å². The summed E-state index contributed by atoms with van der Waals surface area (Å²) in [4.78, 5) is 12.5. The summed E-state index contributed by atoms with van der Waals surface area (Å²) in [5, 5.41) is 0.957. The van der Waals surface area contributed by atoms with E-state index in [2.05, 4.69) is 0 Å². The van der Waals surface area contributed by atoms with E-state index in [0.717, 1.165) is 16.5 Å². The van der Waals surface area contributed by atoms with Gasteiger partial charge in [0, 0.05) is 12.0 Å². The number of hydrogen-bond donors (Lipinski definition) is 0. The van der Waals surface area contributed by atoms with Crippen LogP contribution in [0.4, 0.5) is 0 Å². The topological polar surface area (TPSA) is 39.4 Å². The van der Waals surface area contributed by atoms with Crippen molar-refractivity contribution < 1.29 is 13.9 Å². The van der Waals surface area contributed by atoms with Gasteiger partial charge < -0.3 is 9.15 Å². The van der Waals surface area contributed by atoms with Crippen LogP contribution in [0.5, 0.6) is 0 Å². The number of benzene rings is 1. The van der Waals surface area contributed by atoms with Crippen LogP contribution in [0.25, 0.3) is 11.0 Å². The molecule has 3 heteroatoms. The molecule has 2 aromatic rings. The summed E-state index contributed by atoms with van der Waals surface area (Å²) in [7, 11) is 0. The van der Waals surface area contributed by atoms with E-state index in [1.807, 2.05) is 45.9 Å². The molecule has 102 valence electrons. The molecule has 0 amide bonds. The van der Waals surface area contributed by atoms with Crippen LogP contribution in [0.1, 0.15) is 43.3 Å². The lowest BCUT2D eigenvalue weighted by Gasteiger charge is -2.25. The van der Waals surface area contributed by atoms with Gasteiger partial charge in [-0.15, -0.1) is 0 Å². The van der Waals surface area contributed by atoms with Gasteiger partial charge in [0.05, 0.1) is 0 Å². The molecule has 1 atom stereocenters. The fourth-order valence-electron chi connectivity index (χ4n) is 2.23. The van der Waals surface area contributed by atoms with Crippen molar-refractivity contribution in [3.05, 3.63) is 35.6 Å². The standard InChI is InChI=1S/C16H20O3/c1-5-16(4,18-6-2)15(17)13-10-12-9-7-8-11(3)14(12)19-13/h7-10H,5-6H2,1-4H3. The molecule has 0 aliphatic heterocycles. The average Bonchev–Trinajstić information content (AvgIpc) is 2.83. The summed E-state index contributed by atoms with van der Waals surface area (Å²) in [6.45, 7) is 8.14. The van der Waals surface area contributed by atoms with Crippen molar-refractivity contribution in [2.45, 2.75) is 39.7 Å². The third kappa shape index (κ3) is 2.43. The molecule has 1 heterocycles. The zero-order valence-electron chi connectivity index (χ0n) is 11.9. The summed E-state index contributed by atoms with van der Waals surface area (Å²) in [5.74, 6) is 0.287. The first-order chi connectivity index (χ1) is 9.01. The lowest BCUT2D eigenvalue weighted by atomic mass is 9.95. The maximum absolute atomic E-state index is 12.5. The number of fused-ring (bicyclic) bond motifs is 1. The number of hydrogen-bond acceptors (Lipinski definition) is 3. The van der Waals surface area contributed by atoms with Gasteiger partial charge in [0.2, 0.25) is 5.78 Å². The van der Waals surface area contributed by atoms with Gasteiger partial charge in [-0.25, -0.2) is 0 Å². The third-order valence-electron chi connectivity index (χ3n) is 3.58. The van der Waals surface area contributed by atoms with Crippen molar-refractivity contribution in [1.29, 1.82) is 0 Å². The van der Waals surface area contributed by atoms with Gasteiger partial charge in [-0.3, -0.25) is 4.79 Å². The Kier molecular flexibility index (Phi) is 3.76. The summed E-state index contributed by atoms with van der Waals surface area (Å²) in [6.07, 6.45) is 0.621. The number of Topliss-reactive ketones (excluding diaryl/α,β-unsaturated/α-hetero) is 1. The smallest absolute Gasteiger partial charge is 0.229 e. The quantitative estimate of drug-likeness (QED) is 0.759. The minimum absolute atomic E-state index is 0.0903. The van der Waals surface area contributed by atoms with E-state index in [1.54, 1.807) is 6.07 Å². The number of para-hydroxylation sites is 1. The molecular weight excluding hydrogens is 240 g/mol. The Balaban J connectivity index is 2.44. The van der Waals surface area contributed by atoms with Crippen LogP contribution in [-0.2, 0) is 4.74 Å². The van der Waals surface area contributed by atoms with Gasteiger partial charge in [0.25, 0.3) is 0 Å². The van der Waals surface area contributed by atoms with Crippen LogP contribution in [0.15, 0.2) is 28.7 Å². The Morgan fingerprint density at radius 2 is 2.11 bits per heavy atom. The van der Waals surface area contributed by atoms with Crippen LogP contribution in [0, 0.1) is 6.92 Å². The number of rotatable bonds is 5. The minimum Gasteiger partial charge on any atom is -0.453 e. The molecule has 1 aromatic carbocycles. The van der Waals surface area contributed by atoms with Crippen LogP contribution in [-0.4, -0.2) is 18.0 Å². The molecule has 1 aromatic heterocycles. The van der Waals surface area contributed by atoms with Gasteiger partial charge in [0.15, 0.2) is 5.76 Å². The molecule has 0 radical (unpaired) electrons. The molecular formula is C16H20O3. The number of carbonyl (C=O) groups excluding carboxylic acids is 1. The summed E-state index contributed by atoms with van der Waals surface area (Å²) < 4.78 is 11.3. The lowest BCUT2D eigenvalue weighted by molar-refractivity contribution is -0.0132. The molecule has 3 nitrogen and oxygen atoms in total. The van der Waals surface area contributed by atoms with Crippen LogP contribution >= 0.6 is 0 Å². The Bertz CT molecular complexity index is 597. The summed E-state index contributed by atoms with van der Waals surface area (Å²) in [5.41, 5.74) is 1.00. The van der Waals surface area contributed by atoms with E-state index in [4.69, 9.17) is 9.15 Å². The second kappa shape index (κ2) is 5.17. The van der Waals surface area contributed by atoms with Gasteiger partial charge in [-0.1, -0.05) is 25.1 Å². The molecule has 0 saturated heterocycles. The Morgan fingerprint density at radius 1 is 1.37 bits per heavy atom. The zero-order valence-corrected chi connectivity index (χ0v) is 11.9. The number of ketones is 1. The predicted molar refractivity (Wildman–Crippen MR) is 75.6 cm³/mol. The molecule has 0 saturated carbocycles. The summed E-state index contributed by atoms with van der Waals surface area (Å²) in [6, 6.07) is 7.69. The highest BCUT2D eigenvalue weighted by Crippen LogP contribution is 2.27. The fraction of sp³-hybridized carbons (Fsp3) is 0.438. The third-order valence-corrected chi connectivity index (χ3v) is 3.58. The van der Waals surface area contributed by atoms with Gasteiger partial charge >= 0.3 is 0 Å². The van der Waals surface area contributed by atoms with Gasteiger partial charge in [-0.05, 0) is 38.8 Å². The molecule has 0 spiro atoms. The van der Waals surface area contributed by atoms with Gasteiger partial charge in [0.1, 0.15) is 11.2 Å². The number of carbonyl (C=O) groups is 1. The molecule has 0 fully saturated rings. The first-order valence-electron chi connectivity index (χ1n) is 6.69. The first-order valence-corrected chi connectivity index (χ1v) is 6.69. The number of aryl methyl sites for hydroxylation is 1. The van der Waals surface area contributed by atoms with E-state index >= 15 is 0 Å². The second-order valence-electron chi connectivity index (χ2n) is 4.95. The SMILES string of the molecule is CCOC(C)(CC)C(=O)c1cc2cccc(C)c2o1. The van der Waals surface area contributed by atoms with E-state index in [1.165, 1.54) is 0 Å². The molecule has 19 heavy (non-hydrogen) atoms. The molecule has 2 rings (SSSR count). The van der Waals surface area contributed by atoms with Crippen molar-refractivity contribution in [2.75, 3.05) is 6.61 Å². The average molecular weight is 260 g/mol. The van der Waals surface area contributed by atoms with E-state index in [-0.39, 0.29) is 5.78 Å². The van der Waals surface area contributed by atoms with Crippen LogP contribution in [0.2, 0.25) is 0 Å². The number of ether oxygens (including phenoxy) is 1. The van der Waals surface area contributed by atoms with Crippen molar-refractivity contribution >= 4 is 16.8 Å². The lowest BCUT2D eigenvalue weighted by Crippen LogP contribution is -2.37. The largest absolute Gasteiger partial charge is 0.453 e. The molecule has 0 N–H and O–H groups in total. The minimum atomic E-state index is -0.809. The van der Waals surface area contributed by atoms with Crippen molar-refractivity contribution in [3.63, 3.8) is 0 Å². The van der Waals surface area contributed by atoms with E-state index < -0.39 is 5.60 Å². The van der Waals surface area contributed by atoms with Crippen molar-refractivity contribution in [3.8, 4) is 0 Å². The van der Waals surface area contributed by atoms with Crippen LogP contribution in [0.3, 0.4) is 0 Å². The summed E-state index contributed by atoms with van der Waals surface area (Å²) >= 11 is 0. The monoisotopic (exact) mass is 260 g/mol. The number of furan rings is 1. The normalized spacial score (nSPS) is 14.5. The Morgan fingerprint density at radius 3 is 2.68 bits per heavy atom. The highest BCUT2D eigenvalue weighted by molar-refractivity contribution is 6.03. The van der Waals surface area contributed by atoms with Crippen LogP contribution < -0.4 is 0 Å². The van der Waals surface area contributed by atoms with Crippen molar-refractivity contribution in [2.24, 2.45) is 0 Å². The fourth-order valence-corrected chi connectivity index (χ4v) is 2.23. The molecule has 0 aliphatic rings. The molecule has 1 unspecified atom stereocenters. The molecule has 0 bridgehead atoms. The maximum Gasteiger partial charge on any atom is 0.229 e. The second-order valence-corrected chi connectivity index (χ2v) is 4.95. The predicted octanol–water partition coefficient (Wildman–Crippen LogP) is 4.13. The maximum atomic E-state index is 12.5. The van der Waals surface area contributed by atoms with E-state index in [9.17, 15) is 4.79 Å². The highest BCUT2D eigenvalue weighted by atomic mass is 16.5. The van der Waals surface area contributed by atoms with Gasteiger partial charge in [-0.2, -0.15) is 0 Å². The zero-order chi connectivity index (χ0) is 14.0. The molecule has 0 aliphatic carbocycles. The van der Waals surface area contributed by atoms with E-state index in [0.29, 0.717) is 18.8 Å². The Hall–Kier alpha value is -1.61. The first kappa shape index (κ1) is 13.8.